The predicted molar refractivity (Wildman–Crippen MR) is 74.0 cm³/mol. The molecule has 1 saturated carbocycles. The van der Waals surface area contributed by atoms with Gasteiger partial charge in [0, 0.05) is 0 Å². The second-order valence-corrected chi connectivity index (χ2v) is 6.28. The number of aliphatic hydroxyl groups excluding tert-OH is 1. The molecule has 100 valence electrons. The number of ether oxygens (including phenoxy) is 1. The Morgan fingerprint density at radius 3 is 2.22 bits per heavy atom. The Balaban J connectivity index is 2.02. The van der Waals surface area contributed by atoms with Crippen LogP contribution in [0.25, 0.3) is 0 Å². The summed E-state index contributed by atoms with van der Waals surface area (Å²) in [6, 6.07) is 8.26. The molecule has 1 aliphatic carbocycles. The van der Waals surface area contributed by atoms with Crippen LogP contribution in [-0.4, -0.2) is 17.3 Å². The maximum Gasteiger partial charge on any atom is 0.124 e. The molecule has 0 heterocycles. The van der Waals surface area contributed by atoms with Gasteiger partial charge >= 0.3 is 0 Å². The molecule has 2 nitrogen and oxygen atoms in total. The standard InChI is InChI=1S/C16H24O2/c1-16(2,3)12-8-10-13(11-9-12)18-15-7-5-4-6-14(15)17/h8-11,14-15,17H,4-7H2,1-3H3/t14-,15-/m0/s1. The fourth-order valence-corrected chi connectivity index (χ4v) is 2.42. The SMILES string of the molecule is CC(C)(C)c1ccc(O[C@H]2CCCC[C@@H]2O)cc1. The van der Waals surface area contributed by atoms with Crippen LogP contribution in [0.2, 0.25) is 0 Å². The second-order valence-electron chi connectivity index (χ2n) is 6.28. The van der Waals surface area contributed by atoms with Crippen LogP contribution in [0.1, 0.15) is 52.0 Å². The topological polar surface area (TPSA) is 29.5 Å². The molecule has 0 spiro atoms. The lowest BCUT2D eigenvalue weighted by Gasteiger charge is -2.28. The van der Waals surface area contributed by atoms with Crippen molar-refractivity contribution in [1.29, 1.82) is 0 Å². The normalized spacial score (nSPS) is 24.9. The van der Waals surface area contributed by atoms with Crippen molar-refractivity contribution in [2.24, 2.45) is 0 Å². The quantitative estimate of drug-likeness (QED) is 0.865. The van der Waals surface area contributed by atoms with E-state index in [1.54, 1.807) is 0 Å². The molecule has 0 bridgehead atoms. The van der Waals surface area contributed by atoms with Crippen molar-refractivity contribution in [2.45, 2.75) is 64.1 Å². The number of aliphatic hydroxyl groups is 1. The van der Waals surface area contributed by atoms with Crippen molar-refractivity contribution in [3.8, 4) is 5.75 Å². The molecule has 1 fully saturated rings. The largest absolute Gasteiger partial charge is 0.488 e. The predicted octanol–water partition coefficient (Wildman–Crippen LogP) is 3.67. The van der Waals surface area contributed by atoms with Crippen molar-refractivity contribution in [1.82, 2.24) is 0 Å². The lowest BCUT2D eigenvalue weighted by atomic mass is 9.87. The smallest absolute Gasteiger partial charge is 0.124 e. The van der Waals surface area contributed by atoms with E-state index in [0.717, 1.165) is 31.4 Å². The van der Waals surface area contributed by atoms with Gasteiger partial charge < -0.3 is 9.84 Å². The van der Waals surface area contributed by atoms with Crippen LogP contribution in [-0.2, 0) is 5.41 Å². The Labute approximate surface area is 110 Å². The average molecular weight is 248 g/mol. The summed E-state index contributed by atoms with van der Waals surface area (Å²) in [4.78, 5) is 0. The number of hydrogen-bond donors (Lipinski definition) is 1. The van der Waals surface area contributed by atoms with Crippen molar-refractivity contribution >= 4 is 0 Å². The van der Waals surface area contributed by atoms with Crippen LogP contribution < -0.4 is 4.74 Å². The van der Waals surface area contributed by atoms with E-state index in [-0.39, 0.29) is 17.6 Å². The van der Waals surface area contributed by atoms with E-state index in [1.165, 1.54) is 5.56 Å². The van der Waals surface area contributed by atoms with E-state index >= 15 is 0 Å². The molecule has 2 heteroatoms. The van der Waals surface area contributed by atoms with Crippen molar-refractivity contribution in [2.75, 3.05) is 0 Å². The van der Waals surface area contributed by atoms with Crippen molar-refractivity contribution in [3.05, 3.63) is 29.8 Å². The first-order valence-corrected chi connectivity index (χ1v) is 6.92. The van der Waals surface area contributed by atoms with E-state index in [4.69, 9.17) is 4.74 Å². The Kier molecular flexibility index (Phi) is 3.96. The fourth-order valence-electron chi connectivity index (χ4n) is 2.42. The molecule has 0 radical (unpaired) electrons. The van der Waals surface area contributed by atoms with Gasteiger partial charge in [-0.05, 0) is 42.4 Å². The summed E-state index contributed by atoms with van der Waals surface area (Å²) in [5.74, 6) is 0.869. The molecule has 0 amide bonds. The Morgan fingerprint density at radius 1 is 1.06 bits per heavy atom. The van der Waals surface area contributed by atoms with Gasteiger partial charge in [-0.15, -0.1) is 0 Å². The van der Waals surface area contributed by atoms with E-state index < -0.39 is 0 Å². The summed E-state index contributed by atoms with van der Waals surface area (Å²) in [7, 11) is 0. The third kappa shape index (κ3) is 3.26. The molecular weight excluding hydrogens is 224 g/mol. The van der Waals surface area contributed by atoms with E-state index in [0.29, 0.717) is 0 Å². The number of benzene rings is 1. The highest BCUT2D eigenvalue weighted by Crippen LogP contribution is 2.27. The monoisotopic (exact) mass is 248 g/mol. The van der Waals surface area contributed by atoms with E-state index in [1.807, 2.05) is 12.1 Å². The molecule has 1 N–H and O–H groups in total. The highest BCUT2D eigenvalue weighted by Gasteiger charge is 2.24. The van der Waals surface area contributed by atoms with Gasteiger partial charge in [0.25, 0.3) is 0 Å². The molecule has 0 saturated heterocycles. The van der Waals surface area contributed by atoms with Crippen LogP contribution in [0.4, 0.5) is 0 Å². The summed E-state index contributed by atoms with van der Waals surface area (Å²) >= 11 is 0. The van der Waals surface area contributed by atoms with Gasteiger partial charge in [-0.2, -0.15) is 0 Å². The van der Waals surface area contributed by atoms with E-state index in [2.05, 4.69) is 32.9 Å². The van der Waals surface area contributed by atoms with Gasteiger partial charge in [0.2, 0.25) is 0 Å². The lowest BCUT2D eigenvalue weighted by Crippen LogP contribution is -2.34. The maximum atomic E-state index is 9.89. The van der Waals surface area contributed by atoms with Crippen molar-refractivity contribution < 1.29 is 9.84 Å². The zero-order valence-electron chi connectivity index (χ0n) is 11.6. The molecule has 0 aromatic heterocycles. The first kappa shape index (κ1) is 13.4. The zero-order chi connectivity index (χ0) is 13.2. The highest BCUT2D eigenvalue weighted by atomic mass is 16.5. The fraction of sp³-hybridized carbons (Fsp3) is 0.625. The van der Waals surface area contributed by atoms with Crippen LogP contribution in [0, 0.1) is 0 Å². The van der Waals surface area contributed by atoms with Gasteiger partial charge in [0.05, 0.1) is 6.10 Å². The van der Waals surface area contributed by atoms with Crippen LogP contribution in [0.15, 0.2) is 24.3 Å². The van der Waals surface area contributed by atoms with Gasteiger partial charge in [0.15, 0.2) is 0 Å². The highest BCUT2D eigenvalue weighted by molar-refractivity contribution is 5.31. The molecule has 1 aliphatic rings. The van der Waals surface area contributed by atoms with Gasteiger partial charge in [-0.1, -0.05) is 39.3 Å². The first-order chi connectivity index (χ1) is 8.47. The molecular formula is C16H24O2. The second kappa shape index (κ2) is 5.31. The third-order valence-electron chi connectivity index (χ3n) is 3.68. The molecule has 1 aromatic carbocycles. The molecule has 1 aromatic rings. The van der Waals surface area contributed by atoms with Crippen LogP contribution in [0.5, 0.6) is 5.75 Å². The van der Waals surface area contributed by atoms with E-state index in [9.17, 15) is 5.11 Å². The van der Waals surface area contributed by atoms with Crippen LogP contribution >= 0.6 is 0 Å². The summed E-state index contributed by atoms with van der Waals surface area (Å²) in [5, 5.41) is 9.89. The Bertz CT molecular complexity index is 375. The maximum absolute atomic E-state index is 9.89. The van der Waals surface area contributed by atoms with Crippen LogP contribution in [0.3, 0.4) is 0 Å². The lowest BCUT2D eigenvalue weighted by molar-refractivity contribution is 0.00686. The Hall–Kier alpha value is -1.02. The molecule has 0 aliphatic heterocycles. The van der Waals surface area contributed by atoms with Gasteiger partial charge in [0.1, 0.15) is 11.9 Å². The molecule has 18 heavy (non-hydrogen) atoms. The Morgan fingerprint density at radius 2 is 1.67 bits per heavy atom. The minimum atomic E-state index is -0.305. The van der Waals surface area contributed by atoms with Gasteiger partial charge in [-0.3, -0.25) is 0 Å². The summed E-state index contributed by atoms with van der Waals surface area (Å²) in [6.07, 6.45) is 3.76. The number of rotatable bonds is 2. The molecule has 2 rings (SSSR count). The minimum Gasteiger partial charge on any atom is -0.488 e. The summed E-state index contributed by atoms with van der Waals surface area (Å²) < 4.78 is 5.89. The minimum absolute atomic E-state index is 0.0285. The number of hydrogen-bond acceptors (Lipinski definition) is 2. The first-order valence-electron chi connectivity index (χ1n) is 6.92. The molecule has 2 atom stereocenters. The average Bonchev–Trinajstić information content (AvgIpc) is 2.32. The van der Waals surface area contributed by atoms with Crippen molar-refractivity contribution in [3.63, 3.8) is 0 Å². The summed E-state index contributed by atoms with van der Waals surface area (Å²) in [5.41, 5.74) is 1.47. The third-order valence-corrected chi connectivity index (χ3v) is 3.68. The van der Waals surface area contributed by atoms with Gasteiger partial charge in [-0.25, -0.2) is 0 Å². The molecule has 0 unspecified atom stereocenters. The summed E-state index contributed by atoms with van der Waals surface area (Å²) in [6.45, 7) is 6.61. The zero-order valence-corrected chi connectivity index (χ0v) is 11.6.